The van der Waals surface area contributed by atoms with Crippen LogP contribution in [0.5, 0.6) is 0 Å². The highest BCUT2D eigenvalue weighted by molar-refractivity contribution is 5.85. The van der Waals surface area contributed by atoms with Crippen LogP contribution in [0.3, 0.4) is 0 Å². The van der Waals surface area contributed by atoms with E-state index >= 15 is 0 Å². The second-order valence-corrected chi connectivity index (χ2v) is 2.60. The van der Waals surface area contributed by atoms with Crippen molar-refractivity contribution in [1.29, 1.82) is 0 Å². The van der Waals surface area contributed by atoms with Crippen LogP contribution >= 0.6 is 12.4 Å². The van der Waals surface area contributed by atoms with Crippen molar-refractivity contribution >= 4 is 18.4 Å². The van der Waals surface area contributed by atoms with E-state index in [4.69, 9.17) is 5.11 Å². The quantitative estimate of drug-likeness (QED) is 0.608. The number of unbranched alkanes of at least 4 members (excludes halogenated alkanes) is 2. The second kappa shape index (κ2) is 10.7. The van der Waals surface area contributed by atoms with Gasteiger partial charge in [0.25, 0.3) is 0 Å². The molecule has 0 rings (SSSR count). The lowest BCUT2D eigenvalue weighted by Gasteiger charge is -2.00. The van der Waals surface area contributed by atoms with Gasteiger partial charge in [-0.15, -0.1) is 12.4 Å². The van der Waals surface area contributed by atoms with Gasteiger partial charge in [0.2, 0.25) is 0 Å². The van der Waals surface area contributed by atoms with E-state index in [1.807, 2.05) is 0 Å². The molecule has 0 aliphatic rings. The van der Waals surface area contributed by atoms with E-state index in [1.54, 1.807) is 0 Å². The van der Waals surface area contributed by atoms with Crippen molar-refractivity contribution in [3.8, 4) is 0 Å². The maximum Gasteiger partial charge on any atom is 0.304 e. The lowest BCUT2D eigenvalue weighted by Crippen LogP contribution is -2.19. The van der Waals surface area contributed by atoms with Crippen molar-refractivity contribution in [2.45, 2.75) is 32.6 Å². The molecule has 0 atom stereocenters. The third-order valence-electron chi connectivity index (χ3n) is 1.47. The first-order valence-electron chi connectivity index (χ1n) is 4.20. The number of rotatable bonds is 7. The minimum Gasteiger partial charge on any atom is -0.481 e. The Morgan fingerprint density at radius 1 is 1.33 bits per heavy atom. The summed E-state index contributed by atoms with van der Waals surface area (Å²) in [6.07, 6.45) is 3.81. The Balaban J connectivity index is 0. The molecule has 0 aromatic carbocycles. The van der Waals surface area contributed by atoms with Gasteiger partial charge < -0.3 is 10.4 Å². The average Bonchev–Trinajstić information content (AvgIpc) is 1.96. The van der Waals surface area contributed by atoms with Crippen LogP contribution in [0.1, 0.15) is 32.6 Å². The van der Waals surface area contributed by atoms with E-state index in [-0.39, 0.29) is 18.8 Å². The van der Waals surface area contributed by atoms with Crippen molar-refractivity contribution in [3.63, 3.8) is 0 Å². The maximum absolute atomic E-state index is 10.0. The number of carbonyl (C=O) groups is 1. The highest BCUT2D eigenvalue weighted by atomic mass is 35.5. The third kappa shape index (κ3) is 12.4. The van der Waals surface area contributed by atoms with Gasteiger partial charge in [0.05, 0.1) is 6.42 Å². The molecular formula is C8H18ClNO2. The van der Waals surface area contributed by atoms with Crippen LogP contribution in [0.25, 0.3) is 0 Å². The van der Waals surface area contributed by atoms with Crippen molar-refractivity contribution in [1.82, 2.24) is 5.32 Å². The molecule has 0 aliphatic heterocycles. The Labute approximate surface area is 80.0 Å². The fourth-order valence-corrected chi connectivity index (χ4v) is 0.820. The molecule has 74 valence electrons. The standard InChI is InChI=1S/C8H17NO2.ClH/c1-2-3-4-6-9-7-5-8(10)11;/h9H,2-7H2,1H3,(H,10,11);1H. The number of carboxylic acids is 1. The van der Waals surface area contributed by atoms with Gasteiger partial charge in [-0.1, -0.05) is 19.8 Å². The molecule has 0 fully saturated rings. The first-order valence-corrected chi connectivity index (χ1v) is 4.20. The van der Waals surface area contributed by atoms with Crippen molar-refractivity contribution in [3.05, 3.63) is 0 Å². The molecule has 2 N–H and O–H groups in total. The van der Waals surface area contributed by atoms with Gasteiger partial charge in [-0.2, -0.15) is 0 Å². The van der Waals surface area contributed by atoms with Crippen molar-refractivity contribution in [2.24, 2.45) is 0 Å². The summed E-state index contributed by atoms with van der Waals surface area (Å²) in [4.78, 5) is 10.0. The molecule has 0 heterocycles. The summed E-state index contributed by atoms with van der Waals surface area (Å²) in [5.74, 6) is -0.729. The zero-order valence-electron chi connectivity index (χ0n) is 7.51. The first kappa shape index (κ1) is 14.3. The second-order valence-electron chi connectivity index (χ2n) is 2.60. The number of nitrogens with one attached hydrogen (secondary N) is 1. The Morgan fingerprint density at radius 3 is 2.50 bits per heavy atom. The van der Waals surface area contributed by atoms with Gasteiger partial charge in [0.1, 0.15) is 0 Å². The van der Waals surface area contributed by atoms with Gasteiger partial charge in [-0.3, -0.25) is 4.79 Å². The highest BCUT2D eigenvalue weighted by Crippen LogP contribution is 1.90. The lowest BCUT2D eigenvalue weighted by molar-refractivity contribution is -0.136. The summed E-state index contributed by atoms with van der Waals surface area (Å²) in [5.41, 5.74) is 0. The molecule has 0 bridgehead atoms. The van der Waals surface area contributed by atoms with E-state index in [0.29, 0.717) is 6.54 Å². The van der Waals surface area contributed by atoms with E-state index in [1.165, 1.54) is 12.8 Å². The summed E-state index contributed by atoms with van der Waals surface area (Å²) in [7, 11) is 0. The Kier molecular flexibility index (Phi) is 12.7. The molecule has 0 aromatic heterocycles. The van der Waals surface area contributed by atoms with E-state index in [0.717, 1.165) is 13.0 Å². The van der Waals surface area contributed by atoms with Crippen LogP contribution in [0.15, 0.2) is 0 Å². The van der Waals surface area contributed by atoms with Crippen molar-refractivity contribution < 1.29 is 9.90 Å². The number of halogens is 1. The topological polar surface area (TPSA) is 49.3 Å². The minimum atomic E-state index is -0.729. The smallest absolute Gasteiger partial charge is 0.304 e. The summed E-state index contributed by atoms with van der Waals surface area (Å²) in [6.45, 7) is 3.69. The van der Waals surface area contributed by atoms with Crippen LogP contribution in [0.4, 0.5) is 0 Å². The molecule has 0 spiro atoms. The third-order valence-corrected chi connectivity index (χ3v) is 1.47. The molecule has 0 aliphatic carbocycles. The fourth-order valence-electron chi connectivity index (χ4n) is 0.820. The monoisotopic (exact) mass is 195 g/mol. The minimum absolute atomic E-state index is 0. The number of hydrogen-bond donors (Lipinski definition) is 2. The maximum atomic E-state index is 10.0. The summed E-state index contributed by atoms with van der Waals surface area (Å²) in [5, 5.41) is 11.3. The highest BCUT2D eigenvalue weighted by Gasteiger charge is 1.93. The fraction of sp³-hybridized carbons (Fsp3) is 0.875. The van der Waals surface area contributed by atoms with E-state index in [2.05, 4.69) is 12.2 Å². The summed E-state index contributed by atoms with van der Waals surface area (Å²) in [6, 6.07) is 0. The van der Waals surface area contributed by atoms with E-state index in [9.17, 15) is 4.79 Å². The average molecular weight is 196 g/mol. The molecule has 0 aromatic rings. The van der Waals surface area contributed by atoms with Crippen LogP contribution in [-0.2, 0) is 4.79 Å². The number of hydrogen-bond acceptors (Lipinski definition) is 2. The molecule has 0 saturated carbocycles. The SMILES string of the molecule is CCCCCNCCC(=O)O.Cl. The van der Waals surface area contributed by atoms with Crippen LogP contribution in [0.2, 0.25) is 0 Å². The zero-order chi connectivity index (χ0) is 8.53. The van der Waals surface area contributed by atoms with Gasteiger partial charge in [-0.25, -0.2) is 0 Å². The number of carboxylic acid groups (broad SMARTS) is 1. The zero-order valence-corrected chi connectivity index (χ0v) is 8.32. The Hall–Kier alpha value is -0.280. The molecule has 0 saturated heterocycles. The predicted octanol–water partition coefficient (Wildman–Crippen LogP) is 1.66. The predicted molar refractivity (Wildman–Crippen MR) is 51.9 cm³/mol. The van der Waals surface area contributed by atoms with Crippen LogP contribution in [-0.4, -0.2) is 24.2 Å². The summed E-state index contributed by atoms with van der Waals surface area (Å²) < 4.78 is 0. The molecule has 12 heavy (non-hydrogen) atoms. The number of aliphatic carboxylic acids is 1. The molecular weight excluding hydrogens is 178 g/mol. The van der Waals surface area contributed by atoms with Gasteiger partial charge in [-0.05, 0) is 13.0 Å². The normalized spacial score (nSPS) is 9.08. The largest absolute Gasteiger partial charge is 0.481 e. The first-order chi connectivity index (χ1) is 5.27. The molecule has 0 radical (unpaired) electrons. The van der Waals surface area contributed by atoms with Gasteiger partial charge in [0.15, 0.2) is 0 Å². The van der Waals surface area contributed by atoms with Crippen LogP contribution < -0.4 is 5.32 Å². The van der Waals surface area contributed by atoms with Crippen molar-refractivity contribution in [2.75, 3.05) is 13.1 Å². The lowest BCUT2D eigenvalue weighted by atomic mass is 10.2. The van der Waals surface area contributed by atoms with Gasteiger partial charge in [0, 0.05) is 6.54 Å². The Bertz CT molecular complexity index is 109. The van der Waals surface area contributed by atoms with Crippen LogP contribution in [0, 0.1) is 0 Å². The van der Waals surface area contributed by atoms with E-state index < -0.39 is 5.97 Å². The van der Waals surface area contributed by atoms with Gasteiger partial charge >= 0.3 is 5.97 Å². The molecule has 0 amide bonds. The Morgan fingerprint density at radius 2 is 2.00 bits per heavy atom. The molecule has 3 nitrogen and oxygen atoms in total. The summed E-state index contributed by atoms with van der Waals surface area (Å²) >= 11 is 0. The molecule has 4 heteroatoms. The molecule has 0 unspecified atom stereocenters.